The van der Waals surface area contributed by atoms with E-state index in [1.54, 1.807) is 11.3 Å². The van der Waals surface area contributed by atoms with E-state index in [0.29, 0.717) is 23.9 Å². The number of aromatic nitrogens is 2. The summed E-state index contributed by atoms with van der Waals surface area (Å²) in [6.45, 7) is 2.45. The summed E-state index contributed by atoms with van der Waals surface area (Å²) in [5.74, 6) is 1.22. The lowest BCUT2D eigenvalue weighted by atomic mass is 10.0. The zero-order valence-corrected chi connectivity index (χ0v) is 16.3. The van der Waals surface area contributed by atoms with Gasteiger partial charge < -0.3 is 9.73 Å². The molecule has 1 aliphatic carbocycles. The molecule has 0 fully saturated rings. The highest BCUT2D eigenvalue weighted by atomic mass is 32.1. The van der Waals surface area contributed by atoms with Crippen molar-refractivity contribution in [2.24, 2.45) is 0 Å². The maximum Gasteiger partial charge on any atom is 0.226 e. The van der Waals surface area contributed by atoms with Crippen LogP contribution in [0.4, 0.5) is 0 Å². The third-order valence-electron chi connectivity index (χ3n) is 4.79. The molecule has 4 rings (SSSR count). The van der Waals surface area contributed by atoms with Crippen molar-refractivity contribution in [2.45, 2.75) is 45.4 Å². The van der Waals surface area contributed by atoms with Crippen LogP contribution in [0, 0.1) is 6.92 Å². The summed E-state index contributed by atoms with van der Waals surface area (Å²) >= 11 is 1.80. The smallest absolute Gasteiger partial charge is 0.226 e. The van der Waals surface area contributed by atoms with E-state index < -0.39 is 0 Å². The van der Waals surface area contributed by atoms with Gasteiger partial charge in [-0.15, -0.1) is 11.3 Å². The molecule has 0 saturated heterocycles. The van der Waals surface area contributed by atoms with Crippen LogP contribution in [0.5, 0.6) is 0 Å². The maximum atomic E-state index is 12.3. The third kappa shape index (κ3) is 4.27. The Balaban J connectivity index is 1.31. The quantitative estimate of drug-likeness (QED) is 0.703. The Bertz CT molecular complexity index is 907. The fraction of sp³-hybridized carbons (Fsp3) is 0.381. The number of carbonyl (C=O) groups excluding carboxylic acids is 1. The van der Waals surface area contributed by atoms with Crippen molar-refractivity contribution in [2.75, 3.05) is 6.54 Å². The lowest BCUT2D eigenvalue weighted by Gasteiger charge is -2.06. The highest BCUT2D eigenvalue weighted by molar-refractivity contribution is 7.11. The van der Waals surface area contributed by atoms with Gasteiger partial charge in [0.1, 0.15) is 5.76 Å². The van der Waals surface area contributed by atoms with Gasteiger partial charge in [0.15, 0.2) is 0 Å². The van der Waals surface area contributed by atoms with Crippen LogP contribution in [-0.4, -0.2) is 22.4 Å². The first-order valence-corrected chi connectivity index (χ1v) is 10.3. The number of oxazole rings is 1. The van der Waals surface area contributed by atoms with Gasteiger partial charge in [-0.3, -0.25) is 4.79 Å². The van der Waals surface area contributed by atoms with Gasteiger partial charge in [-0.1, -0.05) is 18.2 Å². The van der Waals surface area contributed by atoms with Gasteiger partial charge in [-0.2, -0.15) is 0 Å². The van der Waals surface area contributed by atoms with E-state index in [1.807, 2.05) is 37.3 Å². The summed E-state index contributed by atoms with van der Waals surface area (Å²) in [7, 11) is 0. The minimum Gasteiger partial charge on any atom is -0.441 e. The topological polar surface area (TPSA) is 68.0 Å². The van der Waals surface area contributed by atoms with Crippen LogP contribution in [0.1, 0.15) is 39.9 Å². The Morgan fingerprint density at radius 1 is 1.19 bits per heavy atom. The summed E-state index contributed by atoms with van der Waals surface area (Å²) in [6.07, 6.45) is 5.80. The molecule has 0 saturated carbocycles. The predicted molar refractivity (Wildman–Crippen MR) is 106 cm³/mol. The van der Waals surface area contributed by atoms with Gasteiger partial charge >= 0.3 is 0 Å². The molecule has 1 amide bonds. The maximum absolute atomic E-state index is 12.3. The Hall–Kier alpha value is -2.47. The summed E-state index contributed by atoms with van der Waals surface area (Å²) in [4.78, 5) is 22.9. The Labute approximate surface area is 162 Å². The van der Waals surface area contributed by atoms with Crippen LogP contribution < -0.4 is 5.32 Å². The van der Waals surface area contributed by atoms with Crippen molar-refractivity contribution >= 4 is 17.2 Å². The molecule has 5 nitrogen and oxygen atoms in total. The number of nitrogens with zero attached hydrogens (tertiary/aromatic N) is 2. The molecular formula is C21H23N3O2S. The van der Waals surface area contributed by atoms with Crippen molar-refractivity contribution in [3.63, 3.8) is 0 Å². The van der Waals surface area contributed by atoms with E-state index in [9.17, 15) is 4.79 Å². The zero-order chi connectivity index (χ0) is 18.6. The van der Waals surface area contributed by atoms with Crippen molar-refractivity contribution in [3.05, 3.63) is 57.4 Å². The van der Waals surface area contributed by atoms with E-state index in [2.05, 4.69) is 10.3 Å². The number of rotatable bonds is 6. The van der Waals surface area contributed by atoms with Crippen LogP contribution in [0.2, 0.25) is 0 Å². The van der Waals surface area contributed by atoms with Crippen molar-refractivity contribution in [1.82, 2.24) is 15.3 Å². The van der Waals surface area contributed by atoms with Crippen molar-refractivity contribution < 1.29 is 9.21 Å². The molecule has 27 heavy (non-hydrogen) atoms. The van der Waals surface area contributed by atoms with Gasteiger partial charge in [0.25, 0.3) is 0 Å². The normalized spacial score (nSPS) is 13.4. The molecule has 0 aliphatic heterocycles. The number of fused-ring (bicyclic) bond motifs is 1. The number of hydrogen-bond donors (Lipinski definition) is 1. The third-order valence-corrected chi connectivity index (χ3v) is 6.01. The molecule has 0 unspecified atom stereocenters. The van der Waals surface area contributed by atoms with E-state index in [-0.39, 0.29) is 12.3 Å². The van der Waals surface area contributed by atoms with E-state index in [1.165, 1.54) is 23.4 Å². The molecule has 2 aromatic heterocycles. The summed E-state index contributed by atoms with van der Waals surface area (Å²) in [5, 5.41) is 4.11. The van der Waals surface area contributed by atoms with Crippen LogP contribution >= 0.6 is 11.3 Å². The number of benzene rings is 1. The molecule has 1 aromatic carbocycles. The number of nitrogens with one attached hydrogen (secondary N) is 1. The molecule has 6 heteroatoms. The second-order valence-corrected chi connectivity index (χ2v) is 8.02. The number of aryl methyl sites for hydroxylation is 3. The fourth-order valence-electron chi connectivity index (χ4n) is 3.33. The van der Waals surface area contributed by atoms with E-state index in [4.69, 9.17) is 9.40 Å². The molecule has 0 spiro atoms. The number of amides is 1. The molecule has 1 N–H and O–H groups in total. The van der Waals surface area contributed by atoms with Gasteiger partial charge in [0.05, 0.1) is 22.8 Å². The van der Waals surface area contributed by atoms with Gasteiger partial charge in [-0.05, 0) is 44.7 Å². The Kier molecular flexibility index (Phi) is 5.34. The Morgan fingerprint density at radius 2 is 2.00 bits per heavy atom. The first-order valence-electron chi connectivity index (χ1n) is 9.45. The minimum atomic E-state index is -0.0349. The fourth-order valence-corrected chi connectivity index (χ4v) is 4.49. The molecule has 3 aromatic rings. The highest BCUT2D eigenvalue weighted by Gasteiger charge is 2.16. The molecule has 140 valence electrons. The number of carbonyl (C=O) groups is 1. The highest BCUT2D eigenvalue weighted by Crippen LogP contribution is 2.26. The Morgan fingerprint density at radius 3 is 2.81 bits per heavy atom. The molecular weight excluding hydrogens is 358 g/mol. The second-order valence-electron chi connectivity index (χ2n) is 6.85. The molecule has 0 atom stereocenters. The first-order chi connectivity index (χ1) is 13.2. The predicted octanol–water partition coefficient (Wildman–Crippen LogP) is 3.89. The SMILES string of the molecule is Cc1oc(-c2ccccc2)nc1CC(=O)NCCc1nc2c(s1)CCCC2. The molecule has 0 radical (unpaired) electrons. The van der Waals surface area contributed by atoms with E-state index in [0.717, 1.165) is 29.8 Å². The summed E-state index contributed by atoms with van der Waals surface area (Å²) in [6, 6.07) is 9.73. The monoisotopic (exact) mass is 381 g/mol. The average molecular weight is 382 g/mol. The molecule has 0 bridgehead atoms. The van der Waals surface area contributed by atoms with Crippen LogP contribution in [-0.2, 0) is 30.5 Å². The number of thiazole rings is 1. The average Bonchev–Trinajstić information content (AvgIpc) is 3.26. The van der Waals surface area contributed by atoms with Gasteiger partial charge in [0.2, 0.25) is 11.8 Å². The van der Waals surface area contributed by atoms with E-state index >= 15 is 0 Å². The number of hydrogen-bond acceptors (Lipinski definition) is 5. The largest absolute Gasteiger partial charge is 0.441 e. The first kappa shape index (κ1) is 17.9. The summed E-state index contributed by atoms with van der Waals surface area (Å²) in [5.41, 5.74) is 2.88. The van der Waals surface area contributed by atoms with Crippen molar-refractivity contribution in [3.8, 4) is 11.5 Å². The van der Waals surface area contributed by atoms with Crippen LogP contribution in [0.25, 0.3) is 11.5 Å². The van der Waals surface area contributed by atoms with Gasteiger partial charge in [0, 0.05) is 23.4 Å². The second kappa shape index (κ2) is 8.05. The zero-order valence-electron chi connectivity index (χ0n) is 15.5. The van der Waals surface area contributed by atoms with Crippen molar-refractivity contribution in [1.29, 1.82) is 0 Å². The molecule has 2 heterocycles. The van der Waals surface area contributed by atoms with Gasteiger partial charge in [-0.25, -0.2) is 9.97 Å². The lowest BCUT2D eigenvalue weighted by Crippen LogP contribution is -2.27. The van der Waals surface area contributed by atoms with Crippen LogP contribution in [0.3, 0.4) is 0 Å². The lowest BCUT2D eigenvalue weighted by molar-refractivity contribution is -0.120. The minimum absolute atomic E-state index is 0.0349. The molecule has 1 aliphatic rings. The van der Waals surface area contributed by atoms with Crippen LogP contribution in [0.15, 0.2) is 34.7 Å². The summed E-state index contributed by atoms with van der Waals surface area (Å²) < 4.78 is 5.72. The standard InChI is InChI=1S/C21H23N3O2S/c1-14-17(24-21(26-14)15-7-3-2-4-8-15)13-19(25)22-12-11-20-23-16-9-5-6-10-18(16)27-20/h2-4,7-8H,5-6,9-13H2,1H3,(H,22,25).